The number of piperidine rings is 1. The lowest BCUT2D eigenvalue weighted by Gasteiger charge is -2.32. The molecule has 3 aliphatic rings. The molecule has 3 fully saturated rings. The van der Waals surface area contributed by atoms with Crippen molar-refractivity contribution in [2.45, 2.75) is 69.1 Å². The zero-order chi connectivity index (χ0) is 45.4. The number of benzene rings is 4. The van der Waals surface area contributed by atoms with Crippen molar-refractivity contribution in [2.75, 3.05) is 33.3 Å². The van der Waals surface area contributed by atoms with Crippen molar-refractivity contribution >= 4 is 23.9 Å². The number of aromatic amines is 2. The molecule has 0 radical (unpaired) electrons. The van der Waals surface area contributed by atoms with Gasteiger partial charge in [-0.25, -0.2) is 19.6 Å². The Hall–Kier alpha value is -7.66. The molecule has 66 heavy (non-hydrogen) atoms. The smallest absolute Gasteiger partial charge is 0.407 e. The Kier molecular flexibility index (Phi) is 13.2. The van der Waals surface area contributed by atoms with Gasteiger partial charge in [0.2, 0.25) is 5.91 Å². The number of alkyl carbamates (subject to hydrolysis) is 1. The molecule has 336 valence electrons. The summed E-state index contributed by atoms with van der Waals surface area (Å²) in [6, 6.07) is 32.2. The Labute approximate surface area is 384 Å². The fourth-order valence-corrected chi connectivity index (χ4v) is 9.23. The van der Waals surface area contributed by atoms with Crippen LogP contribution in [0.3, 0.4) is 0 Å². The summed E-state index contributed by atoms with van der Waals surface area (Å²) in [7, 11) is 1.28. The highest BCUT2D eigenvalue weighted by Crippen LogP contribution is 2.36. The van der Waals surface area contributed by atoms with Crippen LogP contribution in [-0.2, 0) is 14.3 Å². The Morgan fingerprint density at radius 1 is 0.591 bits per heavy atom. The van der Waals surface area contributed by atoms with E-state index >= 15 is 0 Å². The number of rotatable bonds is 10. The van der Waals surface area contributed by atoms with Gasteiger partial charge in [0.05, 0.1) is 43.0 Å². The molecule has 14 nitrogen and oxygen atoms in total. The fraction of sp³-hybridized carbons (Fsp3) is 0.308. The minimum Gasteiger partial charge on any atom is -0.453 e. The van der Waals surface area contributed by atoms with E-state index in [-0.39, 0.29) is 29.9 Å². The Balaban J connectivity index is 0.829. The number of H-pyrrole nitrogens is 2. The number of likely N-dealkylation sites (tertiary alicyclic amines) is 3. The van der Waals surface area contributed by atoms with Crippen molar-refractivity contribution in [1.82, 2.24) is 45.3 Å². The van der Waals surface area contributed by atoms with Gasteiger partial charge < -0.3 is 40.0 Å². The summed E-state index contributed by atoms with van der Waals surface area (Å²) in [5.74, 6) is 7.61. The molecule has 0 spiro atoms. The molecule has 3 saturated heterocycles. The number of hydrogen-bond donors (Lipinski definition) is 4. The molecule has 3 aliphatic heterocycles. The van der Waals surface area contributed by atoms with E-state index in [4.69, 9.17) is 9.72 Å². The number of urea groups is 1. The number of aromatic nitrogens is 4. The maximum atomic E-state index is 14.3. The third-order valence-electron chi connectivity index (χ3n) is 12.8. The number of carbonyl (C=O) groups excluding carboxylic acids is 4. The van der Waals surface area contributed by atoms with Crippen LogP contribution in [0.5, 0.6) is 0 Å². The van der Waals surface area contributed by atoms with Crippen molar-refractivity contribution in [3.63, 3.8) is 0 Å². The highest BCUT2D eigenvalue weighted by molar-refractivity contribution is 5.89. The average Bonchev–Trinajstić information content (AvgIpc) is 4.23. The summed E-state index contributed by atoms with van der Waals surface area (Å²) in [5.41, 5.74) is 6.72. The van der Waals surface area contributed by atoms with E-state index in [0.717, 1.165) is 90.0 Å². The topological polar surface area (TPSA) is 169 Å². The van der Waals surface area contributed by atoms with Crippen LogP contribution in [0.15, 0.2) is 122 Å². The van der Waals surface area contributed by atoms with Crippen molar-refractivity contribution in [3.8, 4) is 34.4 Å². The minimum atomic E-state index is -0.884. The number of amides is 5. The summed E-state index contributed by atoms with van der Waals surface area (Å²) < 4.78 is 4.83. The zero-order valence-corrected chi connectivity index (χ0v) is 36.9. The van der Waals surface area contributed by atoms with Crippen molar-refractivity contribution < 1.29 is 23.9 Å². The summed E-state index contributed by atoms with van der Waals surface area (Å²) in [6.07, 6.45) is 9.15. The first-order valence-electron chi connectivity index (χ1n) is 22.8. The molecule has 6 aromatic rings. The van der Waals surface area contributed by atoms with E-state index in [1.807, 2.05) is 125 Å². The van der Waals surface area contributed by atoms with E-state index in [2.05, 4.69) is 37.4 Å². The van der Waals surface area contributed by atoms with Gasteiger partial charge in [-0.3, -0.25) is 9.59 Å². The molecule has 4 atom stereocenters. The molecule has 0 saturated carbocycles. The van der Waals surface area contributed by atoms with Crippen LogP contribution in [0.25, 0.3) is 22.5 Å². The Morgan fingerprint density at radius 3 is 1.50 bits per heavy atom. The van der Waals surface area contributed by atoms with Gasteiger partial charge in [0.15, 0.2) is 0 Å². The summed E-state index contributed by atoms with van der Waals surface area (Å²) in [5, 5.41) is 5.78. The van der Waals surface area contributed by atoms with Gasteiger partial charge >= 0.3 is 12.1 Å². The number of nitrogens with one attached hydrogen (secondary N) is 4. The number of methoxy groups -OCH3 is 1. The lowest BCUT2D eigenvalue weighted by atomic mass is 10.0. The Morgan fingerprint density at radius 2 is 1.05 bits per heavy atom. The predicted octanol–water partition coefficient (Wildman–Crippen LogP) is 8.23. The zero-order valence-electron chi connectivity index (χ0n) is 36.9. The van der Waals surface area contributed by atoms with Crippen molar-refractivity contribution in [3.05, 3.63) is 155 Å². The highest BCUT2D eigenvalue weighted by Gasteiger charge is 2.39. The van der Waals surface area contributed by atoms with E-state index in [9.17, 15) is 19.2 Å². The van der Waals surface area contributed by atoms with E-state index in [1.54, 1.807) is 11.1 Å². The third kappa shape index (κ3) is 9.70. The summed E-state index contributed by atoms with van der Waals surface area (Å²) in [6.45, 7) is 2.53. The predicted molar refractivity (Wildman–Crippen MR) is 249 cm³/mol. The molecule has 5 amide bonds. The lowest BCUT2D eigenvalue weighted by Crippen LogP contribution is -2.48. The molecule has 14 heteroatoms. The van der Waals surface area contributed by atoms with E-state index in [0.29, 0.717) is 37.6 Å². The summed E-state index contributed by atoms with van der Waals surface area (Å²) in [4.78, 5) is 75.6. The van der Waals surface area contributed by atoms with Gasteiger partial charge in [-0.2, -0.15) is 0 Å². The first-order chi connectivity index (χ1) is 32.3. The highest BCUT2D eigenvalue weighted by atomic mass is 16.5. The minimum absolute atomic E-state index is 0.133. The molecule has 0 aliphatic carbocycles. The van der Waals surface area contributed by atoms with Crippen LogP contribution in [0.1, 0.15) is 103 Å². The summed E-state index contributed by atoms with van der Waals surface area (Å²) >= 11 is 0. The molecule has 4 unspecified atom stereocenters. The van der Waals surface area contributed by atoms with Crippen LogP contribution in [0.4, 0.5) is 9.59 Å². The molecule has 5 heterocycles. The van der Waals surface area contributed by atoms with Crippen LogP contribution >= 0.6 is 0 Å². The second-order valence-corrected chi connectivity index (χ2v) is 17.0. The van der Waals surface area contributed by atoms with Gasteiger partial charge in [-0.1, -0.05) is 96.8 Å². The van der Waals surface area contributed by atoms with Crippen LogP contribution < -0.4 is 10.6 Å². The van der Waals surface area contributed by atoms with Crippen molar-refractivity contribution in [2.24, 2.45) is 0 Å². The molecular formula is C52H53N9O5. The van der Waals surface area contributed by atoms with Gasteiger partial charge in [-0.05, 0) is 91.5 Å². The van der Waals surface area contributed by atoms with Crippen molar-refractivity contribution in [1.29, 1.82) is 0 Å². The quantitative estimate of drug-likeness (QED) is 0.101. The van der Waals surface area contributed by atoms with Gasteiger partial charge in [0.25, 0.3) is 5.91 Å². The number of imidazole rings is 2. The maximum absolute atomic E-state index is 14.3. The number of carbonyl (C=O) groups is 4. The van der Waals surface area contributed by atoms with Crippen LogP contribution in [0.2, 0.25) is 0 Å². The number of hydrogen-bond acceptors (Lipinski definition) is 7. The fourth-order valence-electron chi connectivity index (χ4n) is 9.23. The maximum Gasteiger partial charge on any atom is 0.407 e. The molecule has 4 N–H and O–H groups in total. The first-order valence-corrected chi connectivity index (χ1v) is 22.8. The molecule has 9 rings (SSSR count). The lowest BCUT2D eigenvalue weighted by molar-refractivity contribution is -0.135. The second kappa shape index (κ2) is 20.0. The van der Waals surface area contributed by atoms with Crippen LogP contribution in [0, 0.1) is 11.8 Å². The third-order valence-corrected chi connectivity index (χ3v) is 12.8. The normalized spacial score (nSPS) is 17.9. The SMILES string of the molecule is COC(=O)NC(C(=O)N1CCCC1c1ncc(-c2ccc(C#Cc3ccc(-c4cnc(C5CCCN5C(=O)C(NC(=O)N5CCCCC5)c5ccccc5)[nH]4)cc3)cc2)[nH]1)c1ccccc1. The standard InChI is InChI=1S/C52H53N9O5/c1-66-52(65)58-46(40-15-7-3-8-16-40)50(63)61-32-12-18-44(61)48-54-34-42(56-48)38-27-23-36(24-28-38)20-19-35-21-25-37(26-22-35)41-33-53-47(55-41)43-17-11-31-60(43)49(62)45(39-13-5-2-6-14-39)57-51(64)59-29-9-4-10-30-59/h2-3,5-8,13-16,21-28,33-34,43-46H,4,9-12,17-18,29-32H2,1H3,(H,53,55)(H,54,56)(H,57,64)(H,58,65). The first kappa shape index (κ1) is 43.6. The van der Waals surface area contributed by atoms with Gasteiger partial charge in [0.1, 0.15) is 23.7 Å². The van der Waals surface area contributed by atoms with Crippen LogP contribution in [-0.4, -0.2) is 91.9 Å². The molecule has 2 aromatic heterocycles. The monoisotopic (exact) mass is 883 g/mol. The number of nitrogens with zero attached hydrogens (tertiary/aromatic N) is 5. The largest absolute Gasteiger partial charge is 0.453 e. The molecular weight excluding hydrogens is 831 g/mol. The molecule has 4 aromatic carbocycles. The van der Waals surface area contributed by atoms with E-state index < -0.39 is 18.2 Å². The second-order valence-electron chi connectivity index (χ2n) is 17.0. The molecule has 0 bridgehead atoms. The number of ether oxygens (including phenoxy) is 1. The van der Waals surface area contributed by atoms with E-state index in [1.165, 1.54) is 7.11 Å². The van der Waals surface area contributed by atoms with Gasteiger partial charge in [-0.15, -0.1) is 0 Å². The van der Waals surface area contributed by atoms with Gasteiger partial charge in [0, 0.05) is 37.3 Å². The average molecular weight is 884 g/mol. The Bertz CT molecular complexity index is 2700.